The summed E-state index contributed by atoms with van der Waals surface area (Å²) < 4.78 is 25.1. The van der Waals surface area contributed by atoms with E-state index in [-0.39, 0.29) is 13.6 Å². The second-order valence-corrected chi connectivity index (χ2v) is 10.9. The van der Waals surface area contributed by atoms with Gasteiger partial charge < -0.3 is 23.5 Å². The zero-order valence-electron chi connectivity index (χ0n) is 23.0. The van der Waals surface area contributed by atoms with E-state index >= 15 is 0 Å². The quantitative estimate of drug-likeness (QED) is 0.208. The first-order valence-corrected chi connectivity index (χ1v) is 14.4. The van der Waals surface area contributed by atoms with Crippen molar-refractivity contribution < 1.29 is 18.9 Å². The number of hydrogen-bond donors (Lipinski definition) is 0. The van der Waals surface area contributed by atoms with Gasteiger partial charge in [0.25, 0.3) is 0 Å². The van der Waals surface area contributed by atoms with Crippen molar-refractivity contribution >= 4 is 0 Å². The van der Waals surface area contributed by atoms with Crippen LogP contribution in [0.3, 0.4) is 0 Å². The van der Waals surface area contributed by atoms with Crippen LogP contribution >= 0.6 is 0 Å². The van der Waals surface area contributed by atoms with Crippen LogP contribution in [0.1, 0.15) is 61.2 Å². The number of imidazole rings is 1. The molecule has 7 nitrogen and oxygen atoms in total. The highest BCUT2D eigenvalue weighted by molar-refractivity contribution is 5.63. The van der Waals surface area contributed by atoms with E-state index in [2.05, 4.69) is 71.0 Å². The average molecular weight is 538 g/mol. The van der Waals surface area contributed by atoms with E-state index in [0.29, 0.717) is 5.92 Å². The normalized spacial score (nSPS) is 15.2. The lowest BCUT2D eigenvalue weighted by molar-refractivity contribution is 0.173. The monoisotopic (exact) mass is 537 g/mol. The topological polar surface area (TPSA) is 58.0 Å². The zero-order chi connectivity index (χ0) is 26.9. The number of fused-ring (bicyclic) bond motifs is 2. The van der Waals surface area contributed by atoms with Gasteiger partial charge in [-0.25, -0.2) is 4.98 Å². The smallest absolute Gasteiger partial charge is 0.231 e. The van der Waals surface area contributed by atoms with Gasteiger partial charge in [0.1, 0.15) is 5.82 Å². The lowest BCUT2D eigenvalue weighted by Crippen LogP contribution is -2.25. The summed E-state index contributed by atoms with van der Waals surface area (Å²) >= 11 is 0. The maximum Gasteiger partial charge on any atom is 0.231 e. The van der Waals surface area contributed by atoms with E-state index in [1.54, 1.807) is 0 Å². The van der Waals surface area contributed by atoms with E-state index in [1.807, 2.05) is 12.1 Å². The van der Waals surface area contributed by atoms with Crippen molar-refractivity contribution in [3.8, 4) is 34.3 Å². The van der Waals surface area contributed by atoms with E-state index in [1.165, 1.54) is 41.1 Å². The molecule has 206 valence electrons. The molecule has 0 spiro atoms. The fraction of sp³-hybridized carbons (Fsp3) is 0.364. The first-order chi connectivity index (χ1) is 19.7. The third kappa shape index (κ3) is 5.13. The maximum atomic E-state index is 5.70. The molecule has 7 heteroatoms. The highest BCUT2D eigenvalue weighted by Gasteiger charge is 2.32. The minimum atomic E-state index is 0.278. The Balaban J connectivity index is 1.27. The predicted octanol–water partition coefficient (Wildman–Crippen LogP) is 6.89. The lowest BCUT2D eigenvalue weighted by Gasteiger charge is -2.25. The van der Waals surface area contributed by atoms with Gasteiger partial charge in [-0.2, -0.15) is 0 Å². The van der Waals surface area contributed by atoms with Crippen molar-refractivity contribution in [3.63, 3.8) is 0 Å². The predicted molar refractivity (Wildman–Crippen MR) is 153 cm³/mol. The van der Waals surface area contributed by atoms with Gasteiger partial charge in [0, 0.05) is 37.7 Å². The van der Waals surface area contributed by atoms with Crippen LogP contribution in [0.2, 0.25) is 0 Å². The van der Waals surface area contributed by atoms with Gasteiger partial charge in [-0.05, 0) is 54.7 Å². The van der Waals surface area contributed by atoms with Crippen LogP contribution < -0.4 is 18.9 Å². The lowest BCUT2D eigenvalue weighted by atomic mass is 10.1. The Kier molecular flexibility index (Phi) is 6.81. The summed E-state index contributed by atoms with van der Waals surface area (Å²) in [6.45, 7) is 6.11. The number of benzene rings is 3. The van der Waals surface area contributed by atoms with Crippen LogP contribution in [0.25, 0.3) is 11.3 Å². The molecule has 4 aromatic rings. The average Bonchev–Trinajstić information content (AvgIpc) is 3.37. The molecule has 3 aliphatic rings. The van der Waals surface area contributed by atoms with E-state index in [0.717, 1.165) is 67.7 Å². The van der Waals surface area contributed by atoms with Gasteiger partial charge in [0.05, 0.1) is 11.4 Å². The van der Waals surface area contributed by atoms with Crippen LogP contribution in [-0.4, -0.2) is 28.0 Å². The summed E-state index contributed by atoms with van der Waals surface area (Å²) in [5.74, 6) is 5.08. The summed E-state index contributed by atoms with van der Waals surface area (Å²) in [6.07, 6.45) is 4.76. The van der Waals surface area contributed by atoms with Crippen molar-refractivity contribution in [2.45, 2.75) is 64.7 Å². The second kappa shape index (κ2) is 10.9. The molecule has 0 N–H and O–H groups in total. The molecule has 2 aliphatic heterocycles. The molecule has 7 rings (SSSR count). The highest BCUT2D eigenvalue weighted by Crippen LogP contribution is 2.42. The van der Waals surface area contributed by atoms with Crippen LogP contribution in [0.15, 0.2) is 66.7 Å². The van der Waals surface area contributed by atoms with Gasteiger partial charge >= 0.3 is 0 Å². The zero-order valence-corrected chi connectivity index (χ0v) is 23.0. The molecule has 1 aromatic heterocycles. The second-order valence-electron chi connectivity index (χ2n) is 10.9. The van der Waals surface area contributed by atoms with Gasteiger partial charge in [0.2, 0.25) is 13.6 Å². The Hall–Kier alpha value is -3.97. The summed E-state index contributed by atoms with van der Waals surface area (Å²) in [5, 5.41) is 0. The molecule has 1 fully saturated rings. The third-order valence-electron chi connectivity index (χ3n) is 7.89. The molecule has 3 aromatic carbocycles. The molecule has 1 saturated carbocycles. The first-order valence-electron chi connectivity index (χ1n) is 14.4. The standard InChI is InChI=1S/C33H35N3O4/c1-2-3-15-36-27(32(25-7-5-4-6-8-25)34-33(36)26-11-12-26)20-35(18-23-9-13-28-30(16-23)39-21-37-28)19-24-10-14-29-31(17-24)40-22-38-29/h4-10,13-14,16-17,26H,2-3,11-12,15,18-22H2,1H3. The molecule has 0 unspecified atom stereocenters. The Bertz CT molecular complexity index is 1440. The molecule has 0 bridgehead atoms. The minimum Gasteiger partial charge on any atom is -0.454 e. The van der Waals surface area contributed by atoms with Gasteiger partial charge in [-0.1, -0.05) is 55.8 Å². The number of nitrogens with zero attached hydrogens (tertiary/aromatic N) is 3. The summed E-state index contributed by atoms with van der Waals surface area (Å²) in [5.41, 5.74) is 5.96. The fourth-order valence-corrected chi connectivity index (χ4v) is 5.69. The maximum absolute atomic E-state index is 5.70. The Morgan fingerprint density at radius 1 is 0.775 bits per heavy atom. The number of aromatic nitrogens is 2. The fourth-order valence-electron chi connectivity index (χ4n) is 5.69. The number of rotatable bonds is 11. The first kappa shape index (κ1) is 25.0. The van der Waals surface area contributed by atoms with E-state index in [9.17, 15) is 0 Å². The van der Waals surface area contributed by atoms with E-state index in [4.69, 9.17) is 23.9 Å². The van der Waals surface area contributed by atoms with Crippen molar-refractivity contribution in [3.05, 3.63) is 89.4 Å². The van der Waals surface area contributed by atoms with E-state index < -0.39 is 0 Å². The molecular formula is C33H35N3O4. The molecule has 40 heavy (non-hydrogen) atoms. The Morgan fingerprint density at radius 2 is 1.40 bits per heavy atom. The van der Waals surface area contributed by atoms with Gasteiger partial charge in [-0.3, -0.25) is 4.90 Å². The van der Waals surface area contributed by atoms with Crippen LogP contribution in [-0.2, 0) is 26.2 Å². The van der Waals surface area contributed by atoms with Crippen molar-refractivity contribution in [1.29, 1.82) is 0 Å². The molecule has 0 atom stereocenters. The van der Waals surface area contributed by atoms with Crippen molar-refractivity contribution in [2.75, 3.05) is 13.6 Å². The SMILES string of the molecule is CCCCn1c(C2CC2)nc(-c2ccccc2)c1CN(Cc1ccc2c(c1)OCO2)Cc1ccc2c(c1)OCO2. The summed E-state index contributed by atoms with van der Waals surface area (Å²) in [7, 11) is 0. The Morgan fingerprint density at radius 3 is 2.00 bits per heavy atom. The van der Waals surface area contributed by atoms with Crippen LogP contribution in [0.4, 0.5) is 0 Å². The minimum absolute atomic E-state index is 0.278. The molecular weight excluding hydrogens is 502 g/mol. The number of hydrogen-bond acceptors (Lipinski definition) is 6. The largest absolute Gasteiger partial charge is 0.454 e. The van der Waals surface area contributed by atoms with Crippen LogP contribution in [0, 0.1) is 0 Å². The van der Waals surface area contributed by atoms with Gasteiger partial charge in [-0.15, -0.1) is 0 Å². The number of ether oxygens (including phenoxy) is 4. The molecule has 0 radical (unpaired) electrons. The van der Waals surface area contributed by atoms with Crippen LogP contribution in [0.5, 0.6) is 23.0 Å². The van der Waals surface area contributed by atoms with Crippen molar-refractivity contribution in [1.82, 2.24) is 14.5 Å². The van der Waals surface area contributed by atoms with Crippen molar-refractivity contribution in [2.24, 2.45) is 0 Å². The summed E-state index contributed by atoms with van der Waals surface area (Å²) in [6, 6.07) is 23.2. The third-order valence-corrected chi connectivity index (χ3v) is 7.89. The number of unbranched alkanes of at least 4 members (excludes halogenated alkanes) is 1. The highest BCUT2D eigenvalue weighted by atomic mass is 16.7. The van der Waals surface area contributed by atoms with Gasteiger partial charge in [0.15, 0.2) is 23.0 Å². The molecule has 0 amide bonds. The molecule has 3 heterocycles. The molecule has 1 aliphatic carbocycles. The summed E-state index contributed by atoms with van der Waals surface area (Å²) in [4.78, 5) is 7.82. The molecule has 0 saturated heterocycles. The Labute approximate surface area is 235 Å².